The summed E-state index contributed by atoms with van der Waals surface area (Å²) in [4.78, 5) is 41.1. The summed E-state index contributed by atoms with van der Waals surface area (Å²) in [6, 6.07) is 7.23. The molecule has 1 aromatic heterocycles. The Balaban J connectivity index is 1.56. The van der Waals surface area contributed by atoms with Crippen LogP contribution in [0.4, 0.5) is 0 Å². The second-order valence-electron chi connectivity index (χ2n) is 13.8. The third-order valence-electron chi connectivity index (χ3n) is 12.4. The van der Waals surface area contributed by atoms with Crippen molar-refractivity contribution in [1.82, 2.24) is 9.36 Å². The zero-order chi connectivity index (χ0) is 27.5. The molecule has 8 rings (SSSR count). The lowest BCUT2D eigenvalue weighted by atomic mass is 9.40. The molecular formula is C32H40N2O5. The number of esters is 1. The number of nitrogens with zero attached hydrogens (tertiary/aromatic N) is 2. The average Bonchev–Trinajstić information content (AvgIpc) is 3.28. The number of carbonyl (C=O) groups excluding carboxylic acids is 1. The molecule has 7 nitrogen and oxygen atoms in total. The fraction of sp³-hybridized carbons (Fsp3) is 0.656. The van der Waals surface area contributed by atoms with E-state index < -0.39 is 11.1 Å². The van der Waals surface area contributed by atoms with E-state index >= 15 is 0 Å². The smallest absolute Gasteiger partial charge is 0.302 e. The maximum absolute atomic E-state index is 14.6. The molecule has 0 amide bonds. The summed E-state index contributed by atoms with van der Waals surface area (Å²) < 4.78 is 9.50. The number of benzene rings is 1. The van der Waals surface area contributed by atoms with Gasteiger partial charge in [0.15, 0.2) is 0 Å². The van der Waals surface area contributed by atoms with E-state index in [-0.39, 0.29) is 58.4 Å². The van der Waals surface area contributed by atoms with Crippen LogP contribution in [-0.4, -0.2) is 33.2 Å². The number of hydrogen-bond acceptors (Lipinski definition) is 5. The Labute approximate surface area is 228 Å². The van der Waals surface area contributed by atoms with E-state index in [0.29, 0.717) is 23.1 Å². The standard InChI is InChI=1S/C32H40N2O5/c1-19(18-35)24-9-10-25-29(24,3)13-12-26-30(4)14-11-21(39-20(2)36)17-31(30)15-16-32(25,26)34-28(38)23-8-6-5-7-22(23)27(37)33(31)34/h5-8,15-16,19,21,24-26,35H,9-14,17-18H2,1-4H3/t19-,21-,24+,25+,26+,29+,30+,31?,32?/m0/s1. The van der Waals surface area contributed by atoms with Crippen molar-refractivity contribution in [3.63, 3.8) is 0 Å². The lowest BCUT2D eigenvalue weighted by Crippen LogP contribution is -2.78. The topological polar surface area (TPSA) is 90.5 Å². The Morgan fingerprint density at radius 3 is 2.36 bits per heavy atom. The van der Waals surface area contributed by atoms with E-state index in [9.17, 15) is 19.5 Å². The summed E-state index contributed by atoms with van der Waals surface area (Å²) in [7, 11) is 0. The van der Waals surface area contributed by atoms with Crippen molar-refractivity contribution in [1.29, 1.82) is 0 Å². The second kappa shape index (κ2) is 7.96. The number of aliphatic hydroxyl groups is 1. The molecule has 3 heterocycles. The summed E-state index contributed by atoms with van der Waals surface area (Å²) in [6.45, 7) is 8.48. The van der Waals surface area contributed by atoms with Gasteiger partial charge < -0.3 is 9.84 Å². The summed E-state index contributed by atoms with van der Waals surface area (Å²) in [5.41, 5.74) is -1.90. The third kappa shape index (κ3) is 2.80. The Kier molecular flexibility index (Phi) is 5.16. The minimum absolute atomic E-state index is 0.0441. The van der Waals surface area contributed by atoms with Gasteiger partial charge in [0.25, 0.3) is 11.1 Å². The van der Waals surface area contributed by atoms with Crippen LogP contribution in [0.2, 0.25) is 0 Å². The zero-order valence-electron chi connectivity index (χ0n) is 23.5. The van der Waals surface area contributed by atoms with E-state index in [1.807, 2.05) is 21.5 Å². The van der Waals surface area contributed by atoms with Crippen LogP contribution in [-0.2, 0) is 20.6 Å². The first-order valence-corrected chi connectivity index (χ1v) is 14.8. The number of rotatable bonds is 3. The van der Waals surface area contributed by atoms with Crippen molar-refractivity contribution in [3.05, 3.63) is 57.1 Å². The van der Waals surface area contributed by atoms with Crippen LogP contribution in [0.25, 0.3) is 10.8 Å². The van der Waals surface area contributed by atoms with Crippen molar-refractivity contribution in [2.45, 2.75) is 89.8 Å². The Morgan fingerprint density at radius 2 is 1.69 bits per heavy atom. The first kappa shape index (κ1) is 25.3. The molecule has 208 valence electrons. The normalized spacial score (nSPS) is 42.4. The van der Waals surface area contributed by atoms with Gasteiger partial charge in [-0.25, -0.2) is 9.36 Å². The molecule has 9 atom stereocenters. The van der Waals surface area contributed by atoms with Gasteiger partial charge in [0.2, 0.25) is 0 Å². The fourth-order valence-corrected chi connectivity index (χ4v) is 10.9. The van der Waals surface area contributed by atoms with E-state index in [2.05, 4.69) is 32.9 Å². The van der Waals surface area contributed by atoms with Crippen molar-refractivity contribution in [3.8, 4) is 0 Å². The molecule has 4 aliphatic carbocycles. The molecule has 2 aliphatic heterocycles. The highest BCUT2D eigenvalue weighted by Crippen LogP contribution is 2.74. The highest BCUT2D eigenvalue weighted by atomic mass is 16.5. The van der Waals surface area contributed by atoms with Crippen LogP contribution in [0.5, 0.6) is 0 Å². The first-order valence-electron chi connectivity index (χ1n) is 14.8. The molecule has 1 aromatic carbocycles. The van der Waals surface area contributed by atoms with E-state index in [1.54, 1.807) is 12.1 Å². The molecule has 2 bridgehead atoms. The third-order valence-corrected chi connectivity index (χ3v) is 12.4. The lowest BCUT2D eigenvalue weighted by molar-refractivity contribution is -0.206. The van der Waals surface area contributed by atoms with Crippen molar-refractivity contribution in [2.24, 2.45) is 34.5 Å². The minimum Gasteiger partial charge on any atom is -0.462 e. The largest absolute Gasteiger partial charge is 0.462 e. The zero-order valence-corrected chi connectivity index (χ0v) is 23.5. The predicted octanol–water partition coefficient (Wildman–Crippen LogP) is 4.33. The quantitative estimate of drug-likeness (QED) is 0.470. The Bertz CT molecular complexity index is 1540. The summed E-state index contributed by atoms with van der Waals surface area (Å²) in [5.74, 6) is 0.622. The van der Waals surface area contributed by atoms with Crippen LogP contribution in [0.1, 0.15) is 72.6 Å². The van der Waals surface area contributed by atoms with Crippen LogP contribution >= 0.6 is 0 Å². The maximum atomic E-state index is 14.6. The van der Waals surface area contributed by atoms with Crippen LogP contribution in [0.15, 0.2) is 46.0 Å². The van der Waals surface area contributed by atoms with Crippen molar-refractivity contribution < 1.29 is 14.6 Å². The van der Waals surface area contributed by atoms with E-state index in [1.165, 1.54) is 6.92 Å². The number of aromatic nitrogens is 2. The monoisotopic (exact) mass is 532 g/mol. The molecule has 1 N–H and O–H groups in total. The average molecular weight is 533 g/mol. The number of fused-ring (bicyclic) bond motifs is 2. The van der Waals surface area contributed by atoms with Crippen molar-refractivity contribution >= 4 is 16.7 Å². The molecule has 2 spiro atoms. The van der Waals surface area contributed by atoms with Gasteiger partial charge in [0, 0.05) is 25.4 Å². The van der Waals surface area contributed by atoms with Gasteiger partial charge in [0.1, 0.15) is 6.10 Å². The molecule has 3 saturated carbocycles. The Morgan fingerprint density at radius 1 is 1.00 bits per heavy atom. The SMILES string of the molecule is CC(=O)O[C@H]1CC[C@]2(C)[C@H]3CC[C@]4(C)[C@@H]([C@@H](C)CO)CC[C@H]4C34C=CC2(C1)n1c(=O)c2ccccc2c(=O)n14. The highest BCUT2D eigenvalue weighted by Gasteiger charge is 2.74. The number of aliphatic hydroxyl groups excluding tert-OH is 1. The molecule has 0 saturated heterocycles. The summed E-state index contributed by atoms with van der Waals surface area (Å²) in [6.07, 6.45) is 10.3. The van der Waals surface area contributed by atoms with Gasteiger partial charge in [-0.1, -0.05) is 45.1 Å². The number of hydrogen-bond donors (Lipinski definition) is 1. The fourth-order valence-electron chi connectivity index (χ4n) is 10.9. The van der Waals surface area contributed by atoms with Crippen LogP contribution in [0.3, 0.4) is 0 Å². The van der Waals surface area contributed by atoms with Gasteiger partial charge in [-0.2, -0.15) is 0 Å². The molecule has 2 aromatic rings. The molecule has 39 heavy (non-hydrogen) atoms. The van der Waals surface area contributed by atoms with Crippen LogP contribution in [0, 0.1) is 34.5 Å². The molecule has 7 heteroatoms. The molecule has 3 fully saturated rings. The number of allylic oxidation sites excluding steroid dienone is 2. The van der Waals surface area contributed by atoms with Gasteiger partial charge in [-0.05, 0) is 79.7 Å². The lowest BCUT2D eigenvalue weighted by Gasteiger charge is -2.72. The highest BCUT2D eigenvalue weighted by molar-refractivity contribution is 5.80. The molecule has 2 unspecified atom stereocenters. The minimum atomic E-state index is -0.748. The van der Waals surface area contributed by atoms with Gasteiger partial charge in [-0.3, -0.25) is 14.4 Å². The predicted molar refractivity (Wildman–Crippen MR) is 148 cm³/mol. The Hall–Kier alpha value is -2.67. The molecule has 0 radical (unpaired) electrons. The van der Waals surface area contributed by atoms with Gasteiger partial charge >= 0.3 is 5.97 Å². The van der Waals surface area contributed by atoms with Crippen LogP contribution < -0.4 is 11.1 Å². The molecular weight excluding hydrogens is 492 g/mol. The molecule has 6 aliphatic rings. The number of ether oxygens (including phenoxy) is 1. The van der Waals surface area contributed by atoms with E-state index in [4.69, 9.17) is 4.74 Å². The van der Waals surface area contributed by atoms with E-state index in [0.717, 1.165) is 38.5 Å². The number of carbonyl (C=O) groups is 1. The second-order valence-corrected chi connectivity index (χ2v) is 13.8. The summed E-state index contributed by atoms with van der Waals surface area (Å²) >= 11 is 0. The maximum Gasteiger partial charge on any atom is 0.302 e. The summed E-state index contributed by atoms with van der Waals surface area (Å²) in [5, 5.41) is 11.1. The van der Waals surface area contributed by atoms with Gasteiger partial charge in [-0.15, -0.1) is 0 Å². The van der Waals surface area contributed by atoms with Crippen molar-refractivity contribution in [2.75, 3.05) is 6.61 Å². The van der Waals surface area contributed by atoms with Gasteiger partial charge in [0.05, 0.1) is 21.9 Å². The first-order chi connectivity index (χ1) is 18.5.